The molecule has 1 saturated carbocycles. The number of hydrogen-bond donors (Lipinski definition) is 2. The maximum absolute atomic E-state index is 12.6. The third kappa shape index (κ3) is 2.92. The van der Waals surface area contributed by atoms with E-state index in [-0.39, 0.29) is 12.5 Å². The number of amides is 1. The van der Waals surface area contributed by atoms with E-state index in [0.29, 0.717) is 11.7 Å². The molecule has 1 aromatic heterocycles. The van der Waals surface area contributed by atoms with Crippen molar-refractivity contribution in [2.24, 2.45) is 0 Å². The fourth-order valence-corrected chi connectivity index (χ4v) is 3.18. The lowest BCUT2D eigenvalue weighted by Crippen LogP contribution is -2.19. The highest BCUT2D eigenvalue weighted by Crippen LogP contribution is 2.31. The quantitative estimate of drug-likeness (QED) is 0.905. The van der Waals surface area contributed by atoms with E-state index in [4.69, 9.17) is 0 Å². The number of hydrogen-bond acceptors (Lipinski definition) is 2. The molecule has 3 rings (SSSR count). The Kier molecular flexibility index (Phi) is 4.29. The van der Waals surface area contributed by atoms with Crippen LogP contribution in [0.3, 0.4) is 0 Å². The first kappa shape index (κ1) is 14.9. The van der Waals surface area contributed by atoms with Gasteiger partial charge in [-0.05, 0) is 49.1 Å². The fourth-order valence-electron chi connectivity index (χ4n) is 3.18. The van der Waals surface area contributed by atoms with Crippen molar-refractivity contribution >= 4 is 11.6 Å². The number of carbonyl (C=O) groups excluding carboxylic acids is 1. The molecule has 2 N–H and O–H groups in total. The van der Waals surface area contributed by atoms with Crippen LogP contribution in [0.4, 0.5) is 5.69 Å². The van der Waals surface area contributed by atoms with Gasteiger partial charge in [0.1, 0.15) is 5.69 Å². The van der Waals surface area contributed by atoms with Gasteiger partial charge >= 0.3 is 0 Å². The van der Waals surface area contributed by atoms with Crippen LogP contribution in [0.2, 0.25) is 0 Å². The number of nitrogens with one attached hydrogen (secondary N) is 1. The van der Waals surface area contributed by atoms with Crippen molar-refractivity contribution in [3.8, 4) is 0 Å². The molecule has 0 unspecified atom stereocenters. The molecule has 1 fully saturated rings. The minimum atomic E-state index is -0.0879. The normalized spacial score (nSPS) is 15.2. The molecule has 0 spiro atoms. The molecule has 1 aliphatic rings. The lowest BCUT2D eigenvalue weighted by molar-refractivity contribution is 0.101. The third-order valence-corrected chi connectivity index (χ3v) is 4.46. The summed E-state index contributed by atoms with van der Waals surface area (Å²) in [7, 11) is 0. The minimum Gasteiger partial charge on any atom is -0.392 e. The summed E-state index contributed by atoms with van der Waals surface area (Å²) < 4.78 is 2.10. The first-order valence-corrected chi connectivity index (χ1v) is 7.87. The number of aromatic nitrogens is 1. The van der Waals surface area contributed by atoms with E-state index in [1.165, 1.54) is 12.8 Å². The zero-order chi connectivity index (χ0) is 15.5. The predicted molar refractivity (Wildman–Crippen MR) is 87.0 cm³/mol. The highest BCUT2D eigenvalue weighted by Gasteiger charge is 2.21. The van der Waals surface area contributed by atoms with Crippen molar-refractivity contribution in [1.29, 1.82) is 0 Å². The van der Waals surface area contributed by atoms with Gasteiger partial charge in [0.05, 0.1) is 6.61 Å². The summed E-state index contributed by atoms with van der Waals surface area (Å²) in [6.45, 7) is 1.92. The number of carbonyl (C=O) groups is 1. The van der Waals surface area contributed by atoms with Gasteiger partial charge in [-0.15, -0.1) is 0 Å². The van der Waals surface area contributed by atoms with Crippen LogP contribution in [0.1, 0.15) is 53.3 Å². The van der Waals surface area contributed by atoms with Crippen molar-refractivity contribution in [3.63, 3.8) is 0 Å². The van der Waals surface area contributed by atoms with Gasteiger partial charge in [-0.25, -0.2) is 0 Å². The average molecular weight is 298 g/mol. The average Bonchev–Trinajstić information content (AvgIpc) is 3.19. The van der Waals surface area contributed by atoms with Gasteiger partial charge in [-0.3, -0.25) is 4.79 Å². The second-order valence-electron chi connectivity index (χ2n) is 6.00. The van der Waals surface area contributed by atoms with Crippen LogP contribution in [0.5, 0.6) is 0 Å². The van der Waals surface area contributed by atoms with E-state index in [0.717, 1.165) is 29.7 Å². The Morgan fingerprint density at radius 1 is 1.32 bits per heavy atom. The number of aliphatic hydroxyl groups excluding tert-OH is 1. The van der Waals surface area contributed by atoms with Gasteiger partial charge in [-0.1, -0.05) is 25.0 Å². The smallest absolute Gasteiger partial charge is 0.272 e. The number of anilines is 1. The van der Waals surface area contributed by atoms with Crippen LogP contribution in [-0.2, 0) is 6.61 Å². The first-order chi connectivity index (χ1) is 10.7. The topological polar surface area (TPSA) is 54.3 Å². The molecule has 0 saturated heterocycles. The van der Waals surface area contributed by atoms with Crippen molar-refractivity contribution in [2.45, 2.75) is 45.3 Å². The van der Waals surface area contributed by atoms with E-state index in [2.05, 4.69) is 9.88 Å². The molecule has 4 heteroatoms. The van der Waals surface area contributed by atoms with Crippen LogP contribution in [0, 0.1) is 6.92 Å². The van der Waals surface area contributed by atoms with Crippen LogP contribution < -0.4 is 5.32 Å². The van der Waals surface area contributed by atoms with E-state index in [9.17, 15) is 9.90 Å². The number of nitrogens with zero attached hydrogens (tertiary/aromatic N) is 1. The number of aryl methyl sites for hydroxylation is 1. The van der Waals surface area contributed by atoms with E-state index < -0.39 is 0 Å². The predicted octanol–water partition coefficient (Wildman–Crippen LogP) is 3.66. The summed E-state index contributed by atoms with van der Waals surface area (Å²) in [5, 5.41) is 12.2. The molecule has 22 heavy (non-hydrogen) atoms. The standard InChI is InChI=1S/C18H22N2O2/c1-13-8-9-14(12-21)11-16(13)19-18(22)17-7-4-10-20(17)15-5-2-3-6-15/h4,7-11,15,21H,2-3,5-6,12H2,1H3,(H,19,22). The summed E-state index contributed by atoms with van der Waals surface area (Å²) in [5.41, 5.74) is 3.26. The van der Waals surface area contributed by atoms with Crippen molar-refractivity contribution < 1.29 is 9.90 Å². The SMILES string of the molecule is Cc1ccc(CO)cc1NC(=O)c1cccn1C1CCCC1. The van der Waals surface area contributed by atoms with Crippen LogP contribution in [-0.4, -0.2) is 15.6 Å². The largest absolute Gasteiger partial charge is 0.392 e. The monoisotopic (exact) mass is 298 g/mol. The van der Waals surface area contributed by atoms with Gasteiger partial charge in [-0.2, -0.15) is 0 Å². The molecule has 0 radical (unpaired) electrons. The Morgan fingerprint density at radius 3 is 2.82 bits per heavy atom. The molecule has 0 aliphatic heterocycles. The summed E-state index contributed by atoms with van der Waals surface area (Å²) in [6.07, 6.45) is 6.77. The lowest BCUT2D eigenvalue weighted by Gasteiger charge is -2.16. The summed E-state index contributed by atoms with van der Waals surface area (Å²) in [4.78, 5) is 12.6. The van der Waals surface area contributed by atoms with Crippen molar-refractivity contribution in [3.05, 3.63) is 53.3 Å². The first-order valence-electron chi connectivity index (χ1n) is 7.87. The second-order valence-corrected chi connectivity index (χ2v) is 6.00. The summed E-state index contributed by atoms with van der Waals surface area (Å²) >= 11 is 0. The lowest BCUT2D eigenvalue weighted by atomic mass is 10.1. The van der Waals surface area contributed by atoms with Gasteiger partial charge in [0, 0.05) is 17.9 Å². The molecular formula is C18H22N2O2. The number of benzene rings is 1. The van der Waals surface area contributed by atoms with Gasteiger partial charge in [0.25, 0.3) is 5.91 Å². The third-order valence-electron chi connectivity index (χ3n) is 4.46. The van der Waals surface area contributed by atoms with E-state index in [1.807, 2.05) is 43.5 Å². The molecule has 1 amide bonds. The highest BCUT2D eigenvalue weighted by molar-refractivity contribution is 6.03. The van der Waals surface area contributed by atoms with E-state index >= 15 is 0 Å². The van der Waals surface area contributed by atoms with Crippen molar-refractivity contribution in [2.75, 3.05) is 5.32 Å². The maximum Gasteiger partial charge on any atom is 0.272 e. The number of rotatable bonds is 4. The summed E-state index contributed by atoms with van der Waals surface area (Å²) in [6, 6.07) is 9.86. The molecule has 1 heterocycles. The molecular weight excluding hydrogens is 276 g/mol. The Hall–Kier alpha value is -2.07. The highest BCUT2D eigenvalue weighted by atomic mass is 16.3. The Labute approximate surface area is 130 Å². The molecule has 0 bridgehead atoms. The Morgan fingerprint density at radius 2 is 2.09 bits per heavy atom. The van der Waals surface area contributed by atoms with Crippen LogP contribution >= 0.6 is 0 Å². The zero-order valence-electron chi connectivity index (χ0n) is 12.9. The molecule has 4 nitrogen and oxygen atoms in total. The van der Waals surface area contributed by atoms with Gasteiger partial charge < -0.3 is 15.0 Å². The van der Waals surface area contributed by atoms with Crippen LogP contribution in [0.15, 0.2) is 36.5 Å². The fraction of sp³-hybridized carbons (Fsp3) is 0.389. The zero-order valence-corrected chi connectivity index (χ0v) is 12.9. The molecule has 0 atom stereocenters. The maximum atomic E-state index is 12.6. The Balaban J connectivity index is 1.82. The summed E-state index contributed by atoms with van der Waals surface area (Å²) in [5.74, 6) is -0.0879. The van der Waals surface area contributed by atoms with Crippen molar-refractivity contribution in [1.82, 2.24) is 4.57 Å². The molecule has 1 aromatic carbocycles. The second kappa shape index (κ2) is 6.36. The van der Waals surface area contributed by atoms with Gasteiger partial charge in [0.15, 0.2) is 0 Å². The molecule has 1 aliphatic carbocycles. The minimum absolute atomic E-state index is 0.0262. The molecule has 116 valence electrons. The number of aliphatic hydroxyl groups is 1. The Bertz CT molecular complexity index is 669. The van der Waals surface area contributed by atoms with E-state index in [1.54, 1.807) is 0 Å². The molecule has 2 aromatic rings. The van der Waals surface area contributed by atoms with Gasteiger partial charge in [0.2, 0.25) is 0 Å². The van der Waals surface area contributed by atoms with Crippen LogP contribution in [0.25, 0.3) is 0 Å².